The zero-order chi connectivity index (χ0) is 13.9. The Labute approximate surface area is 110 Å². The molecule has 0 saturated carbocycles. The Balaban J connectivity index is 2.36. The van der Waals surface area contributed by atoms with E-state index in [0.717, 1.165) is 6.08 Å². The van der Waals surface area contributed by atoms with E-state index in [2.05, 4.69) is 0 Å². The number of aliphatic hydroxyl groups excluding tert-OH is 1. The van der Waals surface area contributed by atoms with Crippen molar-refractivity contribution in [3.8, 4) is 0 Å². The first-order valence-corrected chi connectivity index (χ1v) is 5.92. The smallest absolute Gasteiger partial charge is 0.335 e. The Kier molecular flexibility index (Phi) is 3.55. The Bertz CT molecular complexity index is 520. The summed E-state index contributed by atoms with van der Waals surface area (Å²) in [6.07, 6.45) is 1.09. The van der Waals surface area contributed by atoms with Crippen LogP contribution < -0.4 is 0 Å². The average molecular weight is 262 g/mol. The van der Waals surface area contributed by atoms with Crippen molar-refractivity contribution in [2.45, 2.75) is 24.9 Å². The summed E-state index contributed by atoms with van der Waals surface area (Å²) >= 11 is 0. The molecule has 1 aliphatic heterocycles. The summed E-state index contributed by atoms with van der Waals surface area (Å²) in [5.41, 5.74) is -0.417. The van der Waals surface area contributed by atoms with Crippen LogP contribution in [0.2, 0.25) is 0 Å². The van der Waals surface area contributed by atoms with Crippen molar-refractivity contribution in [1.29, 1.82) is 0 Å². The Morgan fingerprint density at radius 1 is 1.32 bits per heavy atom. The maximum absolute atomic E-state index is 11.5. The number of ether oxygens (including phenoxy) is 1. The molecule has 0 aromatic heterocycles. The molecule has 0 bridgehead atoms. The van der Waals surface area contributed by atoms with Gasteiger partial charge in [0.2, 0.25) is 0 Å². The molecule has 0 aliphatic carbocycles. The molecule has 0 fully saturated rings. The molecule has 19 heavy (non-hydrogen) atoms. The maximum Gasteiger partial charge on any atom is 0.335 e. The van der Waals surface area contributed by atoms with Gasteiger partial charge in [-0.25, -0.2) is 4.79 Å². The minimum absolute atomic E-state index is 0.0921. The van der Waals surface area contributed by atoms with Gasteiger partial charge in [-0.3, -0.25) is 4.79 Å². The fourth-order valence-corrected chi connectivity index (χ4v) is 2.23. The fourth-order valence-electron chi connectivity index (χ4n) is 2.23. The molecular weight excluding hydrogens is 248 g/mol. The van der Waals surface area contributed by atoms with Crippen LogP contribution in [0.25, 0.3) is 0 Å². The minimum Gasteiger partial charge on any atom is -0.512 e. The van der Waals surface area contributed by atoms with E-state index in [9.17, 15) is 14.7 Å². The lowest BCUT2D eigenvalue weighted by atomic mass is 9.84. The van der Waals surface area contributed by atoms with Crippen molar-refractivity contribution in [1.82, 2.24) is 0 Å². The van der Waals surface area contributed by atoms with Crippen molar-refractivity contribution in [2.24, 2.45) is 0 Å². The fraction of sp³-hybridized carbons (Fsp3) is 0.286. The van der Waals surface area contributed by atoms with E-state index < -0.39 is 17.5 Å². The van der Waals surface area contributed by atoms with E-state index >= 15 is 0 Å². The van der Waals surface area contributed by atoms with Crippen LogP contribution in [-0.4, -0.2) is 22.2 Å². The summed E-state index contributed by atoms with van der Waals surface area (Å²) in [4.78, 5) is 22.3. The Morgan fingerprint density at radius 2 is 2.00 bits per heavy atom. The number of esters is 1. The highest BCUT2D eigenvalue weighted by atomic mass is 16.6. The van der Waals surface area contributed by atoms with Crippen molar-refractivity contribution >= 4 is 11.9 Å². The summed E-state index contributed by atoms with van der Waals surface area (Å²) in [6, 6.07) is 8.89. The number of benzene rings is 1. The summed E-state index contributed by atoms with van der Waals surface area (Å²) in [5, 5.41) is 18.5. The molecule has 0 radical (unpaired) electrons. The number of rotatable bonds is 4. The first-order chi connectivity index (χ1) is 9.02. The van der Waals surface area contributed by atoms with E-state index in [1.54, 1.807) is 24.3 Å². The second-order valence-corrected chi connectivity index (χ2v) is 4.49. The van der Waals surface area contributed by atoms with Crippen molar-refractivity contribution in [3.63, 3.8) is 0 Å². The van der Waals surface area contributed by atoms with E-state index in [1.165, 1.54) is 0 Å². The van der Waals surface area contributed by atoms with E-state index in [0.29, 0.717) is 5.56 Å². The number of carbonyl (C=O) groups excluding carboxylic acids is 1. The number of carbonyl (C=O) groups is 2. The molecule has 2 N–H and O–H groups in total. The highest BCUT2D eigenvalue weighted by Crippen LogP contribution is 2.39. The topological polar surface area (TPSA) is 83.8 Å². The second-order valence-electron chi connectivity index (χ2n) is 4.49. The SMILES string of the molecule is O=C(O)CCC1(c2ccccc2)CC(O)=CC(=O)O1. The molecule has 0 saturated heterocycles. The van der Waals surface area contributed by atoms with Crippen molar-refractivity contribution < 1.29 is 24.5 Å². The Morgan fingerprint density at radius 3 is 2.58 bits per heavy atom. The van der Waals surface area contributed by atoms with Crippen LogP contribution in [0.3, 0.4) is 0 Å². The van der Waals surface area contributed by atoms with Gasteiger partial charge in [-0.1, -0.05) is 30.3 Å². The zero-order valence-electron chi connectivity index (χ0n) is 10.2. The van der Waals surface area contributed by atoms with E-state index in [4.69, 9.17) is 9.84 Å². The molecule has 2 rings (SSSR count). The van der Waals surface area contributed by atoms with E-state index in [1.807, 2.05) is 6.07 Å². The zero-order valence-corrected chi connectivity index (χ0v) is 10.2. The third kappa shape index (κ3) is 2.93. The predicted octanol–water partition coefficient (Wildman–Crippen LogP) is 2.14. The van der Waals surface area contributed by atoms with Gasteiger partial charge in [-0.2, -0.15) is 0 Å². The molecule has 5 heteroatoms. The number of carboxylic acids is 1. The Hall–Kier alpha value is -2.30. The normalized spacial score (nSPS) is 22.5. The average Bonchev–Trinajstić information content (AvgIpc) is 2.36. The monoisotopic (exact) mass is 262 g/mol. The predicted molar refractivity (Wildman–Crippen MR) is 66.4 cm³/mol. The first-order valence-electron chi connectivity index (χ1n) is 5.92. The van der Waals surface area contributed by atoms with Crippen molar-refractivity contribution in [2.75, 3.05) is 0 Å². The van der Waals surface area contributed by atoms with Gasteiger partial charge in [0.15, 0.2) is 0 Å². The lowest BCUT2D eigenvalue weighted by molar-refractivity contribution is -0.161. The number of cyclic esters (lactones) is 1. The number of hydrogen-bond acceptors (Lipinski definition) is 4. The van der Waals surface area contributed by atoms with Crippen LogP contribution >= 0.6 is 0 Å². The molecule has 1 atom stereocenters. The molecule has 1 aromatic carbocycles. The van der Waals surface area contributed by atoms with Gasteiger partial charge in [0.25, 0.3) is 0 Å². The van der Waals surface area contributed by atoms with Gasteiger partial charge in [0, 0.05) is 19.3 Å². The molecular formula is C14H14O5. The molecule has 1 aliphatic rings. The summed E-state index contributed by atoms with van der Waals surface area (Å²) in [7, 11) is 0. The van der Waals surface area contributed by atoms with Crippen LogP contribution in [0.4, 0.5) is 0 Å². The van der Waals surface area contributed by atoms with Gasteiger partial charge >= 0.3 is 11.9 Å². The number of carboxylic acid groups (broad SMARTS) is 1. The lowest BCUT2D eigenvalue weighted by Gasteiger charge is -2.35. The van der Waals surface area contributed by atoms with Gasteiger partial charge in [-0.05, 0) is 5.56 Å². The summed E-state index contributed by atoms with van der Waals surface area (Å²) in [6.45, 7) is 0. The maximum atomic E-state index is 11.5. The highest BCUT2D eigenvalue weighted by molar-refractivity contribution is 5.84. The summed E-state index contributed by atoms with van der Waals surface area (Å²) < 4.78 is 5.34. The lowest BCUT2D eigenvalue weighted by Crippen LogP contribution is -2.36. The number of aliphatic hydroxyl groups is 1. The van der Waals surface area contributed by atoms with Gasteiger partial charge in [-0.15, -0.1) is 0 Å². The molecule has 0 spiro atoms. The molecule has 100 valence electrons. The molecule has 0 amide bonds. The highest BCUT2D eigenvalue weighted by Gasteiger charge is 2.40. The van der Waals surface area contributed by atoms with Crippen LogP contribution in [0, 0.1) is 0 Å². The quantitative estimate of drug-likeness (QED) is 0.812. The molecule has 1 heterocycles. The van der Waals surface area contributed by atoms with Gasteiger partial charge < -0.3 is 14.9 Å². The number of hydrogen-bond donors (Lipinski definition) is 2. The van der Waals surface area contributed by atoms with Crippen molar-refractivity contribution in [3.05, 3.63) is 47.7 Å². The van der Waals surface area contributed by atoms with Gasteiger partial charge in [0.05, 0.1) is 6.08 Å². The third-order valence-electron chi connectivity index (χ3n) is 3.09. The molecule has 1 aromatic rings. The van der Waals surface area contributed by atoms with Crippen LogP contribution in [0.5, 0.6) is 0 Å². The second kappa shape index (κ2) is 5.14. The van der Waals surface area contributed by atoms with Gasteiger partial charge in [0.1, 0.15) is 11.4 Å². The standard InChI is InChI=1S/C14H14O5/c15-11-8-13(18)19-14(9-11,7-6-12(16)17)10-4-2-1-3-5-10/h1-5,8,15H,6-7,9H2,(H,16,17). The molecule has 1 unspecified atom stereocenters. The first kappa shape index (κ1) is 13.1. The largest absolute Gasteiger partial charge is 0.512 e. The summed E-state index contributed by atoms with van der Waals surface area (Å²) in [5.74, 6) is -1.72. The van der Waals surface area contributed by atoms with Crippen LogP contribution in [0.1, 0.15) is 24.8 Å². The minimum atomic E-state index is -1.10. The van der Waals surface area contributed by atoms with Crippen LogP contribution in [0.15, 0.2) is 42.2 Å². The number of aliphatic carboxylic acids is 1. The third-order valence-corrected chi connectivity index (χ3v) is 3.09. The molecule has 5 nitrogen and oxygen atoms in total. The van der Waals surface area contributed by atoms with Crippen LogP contribution in [-0.2, 0) is 19.9 Å². The van der Waals surface area contributed by atoms with E-state index in [-0.39, 0.29) is 25.0 Å².